The van der Waals surface area contributed by atoms with Gasteiger partial charge in [0.2, 0.25) is 10.0 Å². The van der Waals surface area contributed by atoms with Crippen molar-refractivity contribution in [2.45, 2.75) is 24.3 Å². The number of amides is 1. The van der Waals surface area contributed by atoms with E-state index in [0.717, 1.165) is 36.5 Å². The number of hydroxylamine groups is 1. The molecule has 0 unspecified atom stereocenters. The number of benzene rings is 1. The van der Waals surface area contributed by atoms with Crippen LogP contribution in [0, 0.1) is 0 Å². The first-order valence-electron chi connectivity index (χ1n) is 9.94. The van der Waals surface area contributed by atoms with E-state index in [1.807, 2.05) is 17.0 Å². The summed E-state index contributed by atoms with van der Waals surface area (Å²) in [7, 11) is -3.56. The molecule has 0 atom stereocenters. The molecule has 4 rings (SSSR count). The van der Waals surface area contributed by atoms with Crippen LogP contribution in [0.2, 0.25) is 0 Å². The fourth-order valence-electron chi connectivity index (χ4n) is 3.84. The van der Waals surface area contributed by atoms with Crippen LogP contribution in [0.25, 0.3) is 0 Å². The lowest BCUT2D eigenvalue weighted by Gasteiger charge is -2.33. The van der Waals surface area contributed by atoms with Gasteiger partial charge in [-0.25, -0.2) is 18.9 Å². The van der Waals surface area contributed by atoms with E-state index in [-0.39, 0.29) is 0 Å². The zero-order valence-corrected chi connectivity index (χ0v) is 18.2. The lowest BCUT2D eigenvalue weighted by Crippen LogP contribution is -2.48. The molecule has 2 fully saturated rings. The summed E-state index contributed by atoms with van der Waals surface area (Å²) in [5.74, 6) is -0.603. The Balaban J connectivity index is 1.41. The standard InChI is InChI=1S/C19H25N5O4S2/c25-18(21-26)17-13-20-19(29-17)23-8-10-24(11-9-23)30(27,28)16-5-3-4-15(12-16)14-22-6-1-2-7-22/h3-5,12-13,26H,1-2,6-11,14H2,(H,21,25). The zero-order chi connectivity index (χ0) is 21.1. The molecular formula is C19H25N5O4S2. The Morgan fingerprint density at radius 1 is 1.13 bits per heavy atom. The predicted molar refractivity (Wildman–Crippen MR) is 113 cm³/mol. The van der Waals surface area contributed by atoms with Gasteiger partial charge < -0.3 is 4.90 Å². The largest absolute Gasteiger partial charge is 0.345 e. The third-order valence-corrected chi connectivity index (χ3v) is 8.42. The monoisotopic (exact) mass is 451 g/mol. The number of anilines is 1. The summed E-state index contributed by atoms with van der Waals surface area (Å²) in [6.07, 6.45) is 3.81. The van der Waals surface area contributed by atoms with Gasteiger partial charge in [0.25, 0.3) is 5.91 Å². The second-order valence-corrected chi connectivity index (χ2v) is 10.4. The fourth-order valence-corrected chi connectivity index (χ4v) is 6.19. The van der Waals surface area contributed by atoms with Crippen LogP contribution in [0.5, 0.6) is 0 Å². The molecule has 0 saturated carbocycles. The summed E-state index contributed by atoms with van der Waals surface area (Å²) < 4.78 is 27.8. The first-order chi connectivity index (χ1) is 14.5. The van der Waals surface area contributed by atoms with Crippen molar-refractivity contribution in [2.75, 3.05) is 44.2 Å². The minimum atomic E-state index is -3.56. The van der Waals surface area contributed by atoms with E-state index in [4.69, 9.17) is 5.21 Å². The smallest absolute Gasteiger partial charge is 0.286 e. The average Bonchev–Trinajstić information content (AvgIpc) is 3.46. The molecule has 2 aliphatic rings. The first-order valence-corrected chi connectivity index (χ1v) is 12.2. The van der Waals surface area contributed by atoms with Crippen molar-refractivity contribution in [1.82, 2.24) is 19.7 Å². The molecule has 0 spiro atoms. The van der Waals surface area contributed by atoms with E-state index in [9.17, 15) is 13.2 Å². The number of hydrogen-bond donors (Lipinski definition) is 2. The molecule has 30 heavy (non-hydrogen) atoms. The molecule has 2 aliphatic heterocycles. The van der Waals surface area contributed by atoms with Crippen LogP contribution in [0.4, 0.5) is 5.13 Å². The van der Waals surface area contributed by atoms with E-state index >= 15 is 0 Å². The van der Waals surface area contributed by atoms with Gasteiger partial charge in [-0.1, -0.05) is 23.5 Å². The van der Waals surface area contributed by atoms with Crippen molar-refractivity contribution in [3.8, 4) is 0 Å². The summed E-state index contributed by atoms with van der Waals surface area (Å²) in [4.78, 5) is 20.6. The summed E-state index contributed by atoms with van der Waals surface area (Å²) in [5.41, 5.74) is 2.61. The quantitative estimate of drug-likeness (QED) is 0.505. The maximum absolute atomic E-state index is 13.2. The predicted octanol–water partition coefficient (Wildman–Crippen LogP) is 1.37. The van der Waals surface area contributed by atoms with Crippen molar-refractivity contribution in [3.05, 3.63) is 40.9 Å². The van der Waals surface area contributed by atoms with Crippen molar-refractivity contribution < 1.29 is 18.4 Å². The number of carbonyl (C=O) groups excluding carboxylic acids is 1. The fraction of sp³-hybridized carbons (Fsp3) is 0.474. The minimum Gasteiger partial charge on any atom is -0.345 e. The van der Waals surface area contributed by atoms with E-state index in [0.29, 0.717) is 41.1 Å². The molecule has 9 nitrogen and oxygen atoms in total. The Morgan fingerprint density at radius 3 is 2.57 bits per heavy atom. The second kappa shape index (κ2) is 8.98. The molecule has 0 radical (unpaired) electrons. The minimum absolute atomic E-state index is 0.303. The molecule has 2 aromatic rings. The number of likely N-dealkylation sites (tertiary alicyclic amines) is 1. The average molecular weight is 452 g/mol. The number of thiazole rings is 1. The number of sulfonamides is 1. The van der Waals surface area contributed by atoms with E-state index in [1.54, 1.807) is 17.6 Å². The van der Waals surface area contributed by atoms with Crippen molar-refractivity contribution in [3.63, 3.8) is 0 Å². The molecule has 1 aromatic carbocycles. The van der Waals surface area contributed by atoms with Crippen LogP contribution in [0.15, 0.2) is 35.4 Å². The molecule has 3 heterocycles. The van der Waals surface area contributed by atoms with E-state index in [2.05, 4.69) is 9.88 Å². The Bertz CT molecular complexity index is 996. The number of carbonyl (C=O) groups is 1. The van der Waals surface area contributed by atoms with E-state index in [1.165, 1.54) is 23.3 Å². The number of rotatable bonds is 6. The highest BCUT2D eigenvalue weighted by molar-refractivity contribution is 7.89. The Hall–Kier alpha value is -2.05. The van der Waals surface area contributed by atoms with Crippen LogP contribution in [0.1, 0.15) is 28.1 Å². The Labute approximate surface area is 179 Å². The lowest BCUT2D eigenvalue weighted by atomic mass is 10.2. The van der Waals surface area contributed by atoms with Gasteiger partial charge in [0, 0.05) is 32.7 Å². The second-order valence-electron chi connectivity index (χ2n) is 7.47. The van der Waals surface area contributed by atoms with Crippen molar-refractivity contribution >= 4 is 32.4 Å². The van der Waals surface area contributed by atoms with E-state index < -0.39 is 15.9 Å². The number of piperazine rings is 1. The molecule has 1 amide bonds. The number of nitrogens with zero attached hydrogens (tertiary/aromatic N) is 4. The third kappa shape index (κ3) is 4.49. The highest BCUT2D eigenvalue weighted by Crippen LogP contribution is 2.26. The van der Waals surface area contributed by atoms with Gasteiger partial charge >= 0.3 is 0 Å². The number of hydrogen-bond acceptors (Lipinski definition) is 8. The number of nitrogens with one attached hydrogen (secondary N) is 1. The molecule has 2 N–H and O–H groups in total. The van der Waals surface area contributed by atoms with Crippen molar-refractivity contribution in [1.29, 1.82) is 0 Å². The van der Waals surface area contributed by atoms with Crippen LogP contribution >= 0.6 is 11.3 Å². The van der Waals surface area contributed by atoms with Gasteiger partial charge in [-0.05, 0) is 43.6 Å². The molecule has 0 bridgehead atoms. The van der Waals surface area contributed by atoms with Gasteiger partial charge in [0.15, 0.2) is 5.13 Å². The number of aromatic nitrogens is 1. The highest BCUT2D eigenvalue weighted by atomic mass is 32.2. The molecule has 1 aromatic heterocycles. The van der Waals surface area contributed by atoms with Gasteiger partial charge in [0.05, 0.1) is 11.1 Å². The van der Waals surface area contributed by atoms with Crippen LogP contribution in [-0.4, -0.2) is 73.0 Å². The van der Waals surface area contributed by atoms with Gasteiger partial charge in [-0.2, -0.15) is 4.31 Å². The van der Waals surface area contributed by atoms with Gasteiger partial charge in [-0.3, -0.25) is 14.9 Å². The zero-order valence-electron chi connectivity index (χ0n) is 16.5. The highest BCUT2D eigenvalue weighted by Gasteiger charge is 2.30. The summed E-state index contributed by atoms with van der Waals surface area (Å²) in [5, 5.41) is 9.37. The lowest BCUT2D eigenvalue weighted by molar-refractivity contribution is 0.0710. The molecular weight excluding hydrogens is 426 g/mol. The topological polar surface area (TPSA) is 106 Å². The van der Waals surface area contributed by atoms with Crippen LogP contribution < -0.4 is 10.4 Å². The Morgan fingerprint density at radius 2 is 1.87 bits per heavy atom. The summed E-state index contributed by atoms with van der Waals surface area (Å²) in [6.45, 7) is 4.58. The molecule has 2 saturated heterocycles. The summed E-state index contributed by atoms with van der Waals surface area (Å²) >= 11 is 1.16. The van der Waals surface area contributed by atoms with Gasteiger partial charge in [0.1, 0.15) is 4.88 Å². The Kier molecular flexibility index (Phi) is 6.34. The molecule has 0 aliphatic carbocycles. The maximum atomic E-state index is 13.2. The normalized spacial score (nSPS) is 18.6. The molecule has 162 valence electrons. The summed E-state index contributed by atoms with van der Waals surface area (Å²) in [6, 6.07) is 7.26. The third-order valence-electron chi connectivity index (χ3n) is 5.47. The first kappa shape index (κ1) is 21.2. The van der Waals surface area contributed by atoms with Crippen molar-refractivity contribution in [2.24, 2.45) is 0 Å². The molecule has 11 heteroatoms. The SMILES string of the molecule is O=C(NO)c1cnc(N2CCN(S(=O)(=O)c3cccc(CN4CCCC4)c3)CC2)s1. The van der Waals surface area contributed by atoms with Crippen LogP contribution in [0.3, 0.4) is 0 Å². The van der Waals surface area contributed by atoms with Gasteiger partial charge in [-0.15, -0.1) is 0 Å². The maximum Gasteiger partial charge on any atom is 0.286 e. The van der Waals surface area contributed by atoms with Crippen LogP contribution in [-0.2, 0) is 16.6 Å².